The number of rotatable bonds is 4. The van der Waals surface area contributed by atoms with Gasteiger partial charge in [-0.15, -0.1) is 0 Å². The van der Waals surface area contributed by atoms with Crippen molar-refractivity contribution in [2.75, 3.05) is 0 Å². The zero-order valence-electron chi connectivity index (χ0n) is 9.90. The van der Waals surface area contributed by atoms with Crippen LogP contribution in [0.3, 0.4) is 0 Å². The fourth-order valence-electron chi connectivity index (χ4n) is 1.51. The Kier molecular flexibility index (Phi) is 4.16. The molecule has 2 N–H and O–H groups in total. The highest BCUT2D eigenvalue weighted by Crippen LogP contribution is 2.26. The monoisotopic (exact) mass is 323 g/mol. The second kappa shape index (κ2) is 5.84. The van der Waals surface area contributed by atoms with Gasteiger partial charge in [0.05, 0.1) is 4.47 Å². The Morgan fingerprint density at radius 1 is 1.21 bits per heavy atom. The van der Waals surface area contributed by atoms with E-state index in [4.69, 9.17) is 10.5 Å². The third-order valence-electron chi connectivity index (χ3n) is 2.52. The first-order valence-electron chi connectivity index (χ1n) is 5.53. The fourth-order valence-corrected chi connectivity index (χ4v) is 2.01. The molecule has 0 bridgehead atoms. The molecule has 0 spiro atoms. The van der Waals surface area contributed by atoms with Crippen LogP contribution in [0.4, 0.5) is 4.39 Å². The third kappa shape index (κ3) is 3.54. The molecule has 2 aromatic carbocycles. The molecule has 19 heavy (non-hydrogen) atoms. The fraction of sp³-hybridized carbons (Fsp3) is 0.0714. The van der Waals surface area contributed by atoms with Crippen molar-refractivity contribution in [3.8, 4) is 5.75 Å². The lowest BCUT2D eigenvalue weighted by molar-refractivity contribution is 0.1000. The summed E-state index contributed by atoms with van der Waals surface area (Å²) >= 11 is 3.31. The van der Waals surface area contributed by atoms with Gasteiger partial charge in [0.1, 0.15) is 18.2 Å². The highest BCUT2D eigenvalue weighted by atomic mass is 79.9. The Hall–Kier alpha value is -1.88. The van der Waals surface area contributed by atoms with Crippen LogP contribution in [0, 0.1) is 5.82 Å². The van der Waals surface area contributed by atoms with Crippen molar-refractivity contribution < 1.29 is 13.9 Å². The van der Waals surface area contributed by atoms with Gasteiger partial charge in [0.15, 0.2) is 0 Å². The third-order valence-corrected chi connectivity index (χ3v) is 3.14. The van der Waals surface area contributed by atoms with Crippen LogP contribution in [0.15, 0.2) is 46.9 Å². The van der Waals surface area contributed by atoms with Gasteiger partial charge in [0, 0.05) is 5.56 Å². The first-order valence-corrected chi connectivity index (χ1v) is 6.32. The molecule has 0 unspecified atom stereocenters. The quantitative estimate of drug-likeness (QED) is 0.938. The summed E-state index contributed by atoms with van der Waals surface area (Å²) in [5, 5.41) is 0. The lowest BCUT2D eigenvalue weighted by Gasteiger charge is -2.09. The minimum atomic E-state index is -0.495. The van der Waals surface area contributed by atoms with Gasteiger partial charge >= 0.3 is 0 Å². The van der Waals surface area contributed by atoms with Crippen molar-refractivity contribution in [3.63, 3.8) is 0 Å². The molecule has 0 saturated heterocycles. The van der Waals surface area contributed by atoms with Crippen LogP contribution in [-0.2, 0) is 6.61 Å². The van der Waals surface area contributed by atoms with Gasteiger partial charge in [-0.3, -0.25) is 4.79 Å². The molecule has 0 saturated carbocycles. The summed E-state index contributed by atoms with van der Waals surface area (Å²) in [5.74, 6) is -0.184. The Balaban J connectivity index is 2.07. The SMILES string of the molecule is NC(=O)c1ccc(OCc2ccc(F)cc2)c(Br)c1. The Morgan fingerprint density at radius 3 is 2.47 bits per heavy atom. The standard InChI is InChI=1S/C14H11BrFNO2/c15-12-7-10(14(17)18)3-6-13(12)19-8-9-1-4-11(16)5-2-9/h1-7H,8H2,(H2,17,18). The molecule has 3 nitrogen and oxygen atoms in total. The van der Waals surface area contributed by atoms with E-state index in [-0.39, 0.29) is 5.82 Å². The highest BCUT2D eigenvalue weighted by Gasteiger charge is 2.06. The largest absolute Gasteiger partial charge is 0.488 e. The molecule has 0 aliphatic heterocycles. The molecule has 2 rings (SSSR count). The van der Waals surface area contributed by atoms with E-state index in [9.17, 15) is 9.18 Å². The lowest BCUT2D eigenvalue weighted by Crippen LogP contribution is -2.10. The van der Waals surface area contributed by atoms with Gasteiger partial charge in [0.2, 0.25) is 5.91 Å². The average molecular weight is 324 g/mol. The van der Waals surface area contributed by atoms with E-state index >= 15 is 0 Å². The van der Waals surface area contributed by atoms with Crippen LogP contribution < -0.4 is 10.5 Å². The molecule has 0 heterocycles. The molecule has 0 atom stereocenters. The number of nitrogens with two attached hydrogens (primary N) is 1. The minimum absolute atomic E-state index is 0.282. The maximum atomic E-state index is 12.7. The summed E-state index contributed by atoms with van der Waals surface area (Å²) in [6, 6.07) is 10.9. The molecule has 5 heteroatoms. The zero-order chi connectivity index (χ0) is 13.8. The predicted octanol–water partition coefficient (Wildman–Crippen LogP) is 3.27. The van der Waals surface area contributed by atoms with Crippen molar-refractivity contribution in [1.82, 2.24) is 0 Å². The predicted molar refractivity (Wildman–Crippen MR) is 73.4 cm³/mol. The summed E-state index contributed by atoms with van der Waals surface area (Å²) in [5.41, 5.74) is 6.43. The van der Waals surface area contributed by atoms with Gasteiger partial charge in [-0.1, -0.05) is 12.1 Å². The molecular weight excluding hydrogens is 313 g/mol. The molecule has 1 amide bonds. The lowest BCUT2D eigenvalue weighted by atomic mass is 10.2. The maximum Gasteiger partial charge on any atom is 0.248 e. The van der Waals surface area contributed by atoms with Gasteiger partial charge < -0.3 is 10.5 Å². The molecule has 0 aromatic heterocycles. The van der Waals surface area contributed by atoms with Crippen LogP contribution in [0.5, 0.6) is 5.75 Å². The van der Waals surface area contributed by atoms with Gasteiger partial charge in [-0.05, 0) is 51.8 Å². The summed E-state index contributed by atoms with van der Waals surface area (Å²) in [6.07, 6.45) is 0. The average Bonchev–Trinajstić information content (AvgIpc) is 2.39. The van der Waals surface area contributed by atoms with E-state index < -0.39 is 5.91 Å². The van der Waals surface area contributed by atoms with Crippen molar-refractivity contribution in [2.24, 2.45) is 5.73 Å². The van der Waals surface area contributed by atoms with E-state index in [0.29, 0.717) is 22.4 Å². The zero-order valence-corrected chi connectivity index (χ0v) is 11.5. The maximum absolute atomic E-state index is 12.7. The molecule has 0 aliphatic carbocycles. The summed E-state index contributed by atoms with van der Waals surface area (Å²) in [7, 11) is 0. The smallest absolute Gasteiger partial charge is 0.248 e. The number of benzene rings is 2. The number of carbonyl (C=O) groups is 1. The Morgan fingerprint density at radius 2 is 1.89 bits per heavy atom. The van der Waals surface area contributed by atoms with Gasteiger partial charge in [-0.25, -0.2) is 4.39 Å². The molecular formula is C14H11BrFNO2. The molecule has 0 aliphatic rings. The van der Waals surface area contributed by atoms with E-state index in [1.807, 2.05) is 0 Å². The van der Waals surface area contributed by atoms with Crippen molar-refractivity contribution in [1.29, 1.82) is 0 Å². The molecule has 0 fully saturated rings. The first-order chi connectivity index (χ1) is 9.06. The van der Waals surface area contributed by atoms with Crippen molar-refractivity contribution in [3.05, 3.63) is 63.9 Å². The summed E-state index contributed by atoms with van der Waals surface area (Å²) in [6.45, 7) is 0.314. The van der Waals surface area contributed by atoms with Crippen LogP contribution in [0.25, 0.3) is 0 Å². The van der Waals surface area contributed by atoms with Crippen LogP contribution in [0.1, 0.15) is 15.9 Å². The summed E-state index contributed by atoms with van der Waals surface area (Å²) in [4.78, 5) is 11.0. The van der Waals surface area contributed by atoms with Gasteiger partial charge in [-0.2, -0.15) is 0 Å². The first kappa shape index (κ1) is 13.5. The number of halogens is 2. The second-order valence-electron chi connectivity index (χ2n) is 3.92. The number of ether oxygens (including phenoxy) is 1. The van der Waals surface area contributed by atoms with Crippen LogP contribution >= 0.6 is 15.9 Å². The van der Waals surface area contributed by atoms with E-state index in [0.717, 1.165) is 5.56 Å². The van der Waals surface area contributed by atoms with E-state index in [2.05, 4.69) is 15.9 Å². The topological polar surface area (TPSA) is 52.3 Å². The minimum Gasteiger partial charge on any atom is -0.488 e. The summed E-state index contributed by atoms with van der Waals surface area (Å²) < 4.78 is 19.0. The van der Waals surface area contributed by atoms with Crippen molar-refractivity contribution in [2.45, 2.75) is 6.61 Å². The second-order valence-corrected chi connectivity index (χ2v) is 4.78. The molecule has 2 aromatic rings. The number of primary amides is 1. The highest BCUT2D eigenvalue weighted by molar-refractivity contribution is 9.10. The van der Waals surface area contributed by atoms with Gasteiger partial charge in [0.25, 0.3) is 0 Å². The number of amides is 1. The van der Waals surface area contributed by atoms with E-state index in [1.165, 1.54) is 12.1 Å². The Labute approximate surface area is 118 Å². The number of hydrogen-bond acceptors (Lipinski definition) is 2. The van der Waals surface area contributed by atoms with Crippen LogP contribution in [-0.4, -0.2) is 5.91 Å². The number of carbonyl (C=O) groups excluding carboxylic acids is 1. The van der Waals surface area contributed by atoms with Crippen molar-refractivity contribution >= 4 is 21.8 Å². The normalized spacial score (nSPS) is 10.2. The van der Waals surface area contributed by atoms with Crippen LogP contribution in [0.2, 0.25) is 0 Å². The number of hydrogen-bond donors (Lipinski definition) is 1. The Bertz CT molecular complexity index is 599. The van der Waals surface area contributed by atoms with E-state index in [1.54, 1.807) is 30.3 Å². The molecule has 98 valence electrons. The molecule has 0 radical (unpaired) electrons.